The van der Waals surface area contributed by atoms with Crippen LogP contribution in [0.2, 0.25) is 0 Å². The third kappa shape index (κ3) is 2.19. The molecule has 74 valence electrons. The molecule has 0 unspecified atom stereocenters. The number of nitrogens with one attached hydrogen (secondary N) is 3. The summed E-state index contributed by atoms with van der Waals surface area (Å²) in [6, 6.07) is 0. The fourth-order valence-electron chi connectivity index (χ4n) is 0.763. The van der Waals surface area contributed by atoms with Crippen LogP contribution in [0.1, 0.15) is 11.3 Å². The molecule has 0 aliphatic heterocycles. The molecule has 1 heterocycles. The van der Waals surface area contributed by atoms with E-state index in [-0.39, 0.29) is 0 Å². The van der Waals surface area contributed by atoms with Gasteiger partial charge < -0.3 is 0 Å². The lowest BCUT2D eigenvalue weighted by molar-refractivity contribution is 0.593. The van der Waals surface area contributed by atoms with Crippen LogP contribution in [0.3, 0.4) is 0 Å². The van der Waals surface area contributed by atoms with Gasteiger partial charge in [0.25, 0.3) is 10.2 Å². The van der Waals surface area contributed by atoms with E-state index in [1.807, 2.05) is 6.92 Å². The van der Waals surface area contributed by atoms with Crippen molar-refractivity contribution in [3.63, 3.8) is 0 Å². The van der Waals surface area contributed by atoms with Crippen molar-refractivity contribution >= 4 is 16.0 Å². The molecule has 6 nitrogen and oxygen atoms in total. The van der Waals surface area contributed by atoms with Gasteiger partial charge in [-0.15, -0.1) is 0 Å². The highest BCUT2D eigenvalue weighted by molar-refractivity contribution is 7.90. The molecule has 13 heavy (non-hydrogen) atoms. The number of aromatic amines is 1. The van der Waals surface area contributed by atoms with E-state index in [9.17, 15) is 8.42 Å². The third-order valence-electron chi connectivity index (χ3n) is 1.75. The molecule has 7 heteroatoms. The van der Waals surface area contributed by atoms with Crippen molar-refractivity contribution in [1.29, 1.82) is 0 Å². The molecule has 1 aromatic heterocycles. The zero-order chi connectivity index (χ0) is 10.1. The molecule has 0 atom stereocenters. The smallest absolute Gasteiger partial charge is 0.280 e. The molecule has 0 radical (unpaired) electrons. The normalized spacial score (nSPS) is 11.6. The lowest BCUT2D eigenvalue weighted by Crippen LogP contribution is -2.26. The first kappa shape index (κ1) is 10.0. The van der Waals surface area contributed by atoms with Crippen molar-refractivity contribution in [2.24, 2.45) is 0 Å². The van der Waals surface area contributed by atoms with Crippen LogP contribution in [-0.2, 0) is 10.2 Å². The number of nitrogens with zero attached hydrogens (tertiary/aromatic N) is 1. The molecule has 0 aromatic carbocycles. The van der Waals surface area contributed by atoms with Crippen LogP contribution < -0.4 is 9.44 Å². The van der Waals surface area contributed by atoms with Crippen molar-refractivity contribution in [1.82, 2.24) is 14.9 Å². The minimum Gasteiger partial charge on any atom is -0.280 e. The second kappa shape index (κ2) is 3.35. The predicted octanol–water partition coefficient (Wildman–Crippen LogP) is -0.0974. The number of anilines is 1. The first-order valence-electron chi connectivity index (χ1n) is 3.69. The summed E-state index contributed by atoms with van der Waals surface area (Å²) in [5, 5.41) is 6.47. The standard InChI is InChI=1S/C6H12N4O2S/c1-4-5(2)8-9-6(4)10-13(11,12)7-3/h7H,1-3H3,(H2,8,9,10). The van der Waals surface area contributed by atoms with Crippen LogP contribution in [-0.4, -0.2) is 25.7 Å². The van der Waals surface area contributed by atoms with E-state index in [0.29, 0.717) is 5.82 Å². The van der Waals surface area contributed by atoms with Crippen LogP contribution >= 0.6 is 0 Å². The Labute approximate surface area is 76.9 Å². The van der Waals surface area contributed by atoms with Gasteiger partial charge in [0.2, 0.25) is 0 Å². The molecule has 0 aliphatic carbocycles. The minimum absolute atomic E-state index is 0.326. The average molecular weight is 204 g/mol. The number of rotatable bonds is 3. The van der Waals surface area contributed by atoms with Crippen molar-refractivity contribution < 1.29 is 8.42 Å². The molecule has 0 bridgehead atoms. The van der Waals surface area contributed by atoms with Crippen LogP contribution in [0, 0.1) is 13.8 Å². The number of hydrogen-bond acceptors (Lipinski definition) is 3. The van der Waals surface area contributed by atoms with Crippen LogP contribution in [0.5, 0.6) is 0 Å². The van der Waals surface area contributed by atoms with E-state index >= 15 is 0 Å². The molecule has 1 rings (SSSR count). The second-order valence-corrected chi connectivity index (χ2v) is 4.25. The molecular weight excluding hydrogens is 192 g/mol. The lowest BCUT2D eigenvalue weighted by atomic mass is 10.3. The van der Waals surface area contributed by atoms with Gasteiger partial charge in [0, 0.05) is 18.3 Å². The van der Waals surface area contributed by atoms with Crippen LogP contribution in [0.4, 0.5) is 5.82 Å². The number of aryl methyl sites for hydroxylation is 1. The third-order valence-corrected chi connectivity index (χ3v) is 2.75. The highest BCUT2D eigenvalue weighted by atomic mass is 32.2. The monoisotopic (exact) mass is 204 g/mol. The van der Waals surface area contributed by atoms with Gasteiger partial charge in [-0.2, -0.15) is 13.5 Å². The maximum atomic E-state index is 11.1. The highest BCUT2D eigenvalue weighted by Gasteiger charge is 2.11. The van der Waals surface area contributed by atoms with E-state index in [1.165, 1.54) is 7.05 Å². The number of hydrogen-bond donors (Lipinski definition) is 3. The van der Waals surface area contributed by atoms with E-state index in [1.54, 1.807) is 6.92 Å². The predicted molar refractivity (Wildman–Crippen MR) is 49.7 cm³/mol. The summed E-state index contributed by atoms with van der Waals surface area (Å²) in [4.78, 5) is 0. The van der Waals surface area contributed by atoms with Crippen molar-refractivity contribution in [3.05, 3.63) is 11.3 Å². The molecule has 0 fully saturated rings. The maximum absolute atomic E-state index is 11.1. The van der Waals surface area contributed by atoms with Crippen molar-refractivity contribution in [2.45, 2.75) is 13.8 Å². The van der Waals surface area contributed by atoms with Gasteiger partial charge in [0.05, 0.1) is 0 Å². The quantitative estimate of drug-likeness (QED) is 0.642. The van der Waals surface area contributed by atoms with E-state index < -0.39 is 10.2 Å². The Morgan fingerprint density at radius 1 is 1.38 bits per heavy atom. The second-order valence-electron chi connectivity index (χ2n) is 2.63. The fraction of sp³-hybridized carbons (Fsp3) is 0.500. The summed E-state index contributed by atoms with van der Waals surface area (Å²) in [7, 11) is -2.13. The summed E-state index contributed by atoms with van der Waals surface area (Å²) in [6.45, 7) is 3.60. The van der Waals surface area contributed by atoms with E-state index in [0.717, 1.165) is 11.3 Å². The Kier molecular flexibility index (Phi) is 2.58. The molecular formula is C6H12N4O2S. The van der Waals surface area contributed by atoms with Crippen molar-refractivity contribution in [2.75, 3.05) is 11.8 Å². The molecule has 1 aromatic rings. The Morgan fingerprint density at radius 2 is 2.00 bits per heavy atom. The van der Waals surface area contributed by atoms with Gasteiger partial charge in [0.1, 0.15) is 0 Å². The summed E-state index contributed by atoms with van der Waals surface area (Å²) >= 11 is 0. The maximum Gasteiger partial charge on any atom is 0.300 e. The zero-order valence-corrected chi connectivity index (χ0v) is 8.49. The Hall–Kier alpha value is -1.08. The first-order chi connectivity index (χ1) is 5.96. The van der Waals surface area contributed by atoms with E-state index in [2.05, 4.69) is 19.6 Å². The van der Waals surface area contributed by atoms with Gasteiger partial charge in [0.15, 0.2) is 5.82 Å². The highest BCUT2D eigenvalue weighted by Crippen LogP contribution is 2.14. The number of H-pyrrole nitrogens is 1. The summed E-state index contributed by atoms with van der Waals surface area (Å²) in [5.41, 5.74) is 1.63. The summed E-state index contributed by atoms with van der Waals surface area (Å²) in [6.07, 6.45) is 0. The van der Waals surface area contributed by atoms with Gasteiger partial charge >= 0.3 is 0 Å². The van der Waals surface area contributed by atoms with Crippen molar-refractivity contribution in [3.8, 4) is 0 Å². The fourth-order valence-corrected chi connectivity index (χ4v) is 1.32. The summed E-state index contributed by atoms with van der Waals surface area (Å²) in [5.74, 6) is 0.326. The molecule has 0 spiro atoms. The first-order valence-corrected chi connectivity index (χ1v) is 5.17. The van der Waals surface area contributed by atoms with E-state index in [4.69, 9.17) is 0 Å². The summed E-state index contributed by atoms with van der Waals surface area (Å²) < 4.78 is 26.5. The van der Waals surface area contributed by atoms with Gasteiger partial charge in [-0.1, -0.05) is 0 Å². The molecule has 0 aliphatic rings. The topological polar surface area (TPSA) is 86.9 Å². The molecule has 0 amide bonds. The average Bonchev–Trinajstić information content (AvgIpc) is 2.36. The van der Waals surface area contributed by atoms with Gasteiger partial charge in [-0.05, 0) is 13.8 Å². The Bertz CT molecular complexity index is 395. The van der Waals surface area contributed by atoms with Crippen LogP contribution in [0.15, 0.2) is 0 Å². The van der Waals surface area contributed by atoms with Crippen LogP contribution in [0.25, 0.3) is 0 Å². The largest absolute Gasteiger partial charge is 0.300 e. The minimum atomic E-state index is -3.46. The lowest BCUT2D eigenvalue weighted by Gasteiger charge is -2.03. The molecule has 3 N–H and O–H groups in total. The van der Waals surface area contributed by atoms with Gasteiger partial charge in [-0.3, -0.25) is 9.82 Å². The number of aromatic nitrogens is 2. The molecule has 0 saturated heterocycles. The zero-order valence-electron chi connectivity index (χ0n) is 7.67. The van der Waals surface area contributed by atoms with Gasteiger partial charge in [-0.25, -0.2) is 4.72 Å². The molecule has 0 saturated carbocycles. The SMILES string of the molecule is CNS(=O)(=O)Nc1n[nH]c(C)c1C. The Balaban J connectivity index is 2.93. The Morgan fingerprint density at radius 3 is 2.38 bits per heavy atom.